The number of nitrogens with one attached hydrogen (secondary N) is 2. The molecule has 0 aliphatic rings. The molecule has 1 amide bonds. The zero-order valence-corrected chi connectivity index (χ0v) is 18.4. The molecule has 6 nitrogen and oxygen atoms in total. The molecule has 0 aliphatic heterocycles. The maximum Gasteiger partial charge on any atom is 0.261 e. The SMILES string of the molecule is CC(=O)c1ccc(S(=O)(=O)Nc2ccc(C(=O)N[C@H](C)c3ccccc3C)cc2)cc1. The largest absolute Gasteiger partial charge is 0.346 e. The fourth-order valence-electron chi connectivity index (χ4n) is 3.20. The van der Waals surface area contributed by atoms with Crippen LogP contribution in [0, 0.1) is 6.92 Å². The van der Waals surface area contributed by atoms with Crippen LogP contribution in [0.2, 0.25) is 0 Å². The molecular weight excluding hydrogens is 412 g/mol. The number of anilines is 1. The van der Waals surface area contributed by atoms with Gasteiger partial charge in [0.25, 0.3) is 15.9 Å². The Morgan fingerprint density at radius 3 is 2.00 bits per heavy atom. The summed E-state index contributed by atoms with van der Waals surface area (Å²) in [6.45, 7) is 5.33. The number of amides is 1. The number of carbonyl (C=O) groups excluding carboxylic acids is 2. The van der Waals surface area contributed by atoms with E-state index in [0.29, 0.717) is 16.8 Å². The Morgan fingerprint density at radius 1 is 0.839 bits per heavy atom. The summed E-state index contributed by atoms with van der Waals surface area (Å²) in [6.07, 6.45) is 0. The summed E-state index contributed by atoms with van der Waals surface area (Å²) >= 11 is 0. The molecule has 3 aromatic carbocycles. The van der Waals surface area contributed by atoms with Gasteiger partial charge in [-0.15, -0.1) is 0 Å². The average Bonchev–Trinajstić information content (AvgIpc) is 2.74. The Balaban J connectivity index is 1.68. The standard InChI is InChI=1S/C24H24N2O4S/c1-16-6-4-5-7-23(16)17(2)25-24(28)20-8-12-21(13-9-20)26-31(29,30)22-14-10-19(11-15-22)18(3)27/h4-15,17,26H,1-3H3,(H,25,28)/t17-/m1/s1. The minimum Gasteiger partial charge on any atom is -0.346 e. The zero-order valence-electron chi connectivity index (χ0n) is 17.5. The molecule has 0 saturated heterocycles. The molecular formula is C24H24N2O4S. The van der Waals surface area contributed by atoms with E-state index in [1.807, 2.05) is 38.1 Å². The van der Waals surface area contributed by atoms with E-state index in [9.17, 15) is 18.0 Å². The number of hydrogen-bond donors (Lipinski definition) is 2. The van der Waals surface area contributed by atoms with E-state index in [1.54, 1.807) is 12.1 Å². The summed E-state index contributed by atoms with van der Waals surface area (Å²) in [6, 6.07) is 19.6. The molecule has 0 aliphatic carbocycles. The topological polar surface area (TPSA) is 92.3 Å². The normalized spacial score (nSPS) is 12.1. The van der Waals surface area contributed by atoms with Crippen molar-refractivity contribution in [2.75, 3.05) is 4.72 Å². The highest BCUT2D eigenvalue weighted by Crippen LogP contribution is 2.20. The fraction of sp³-hybridized carbons (Fsp3) is 0.167. The van der Waals surface area contributed by atoms with Crippen LogP contribution in [0.25, 0.3) is 0 Å². The Bertz CT molecular complexity index is 1200. The first kappa shape index (κ1) is 22.2. The van der Waals surface area contributed by atoms with Crippen molar-refractivity contribution >= 4 is 27.4 Å². The van der Waals surface area contributed by atoms with Crippen LogP contribution in [0.5, 0.6) is 0 Å². The Kier molecular flexibility index (Phi) is 6.56. The molecule has 0 saturated carbocycles. The zero-order chi connectivity index (χ0) is 22.6. The highest BCUT2D eigenvalue weighted by molar-refractivity contribution is 7.92. The van der Waals surface area contributed by atoms with E-state index in [4.69, 9.17) is 0 Å². The lowest BCUT2D eigenvalue weighted by Crippen LogP contribution is -2.27. The summed E-state index contributed by atoms with van der Waals surface area (Å²) in [4.78, 5) is 24.0. The molecule has 0 radical (unpaired) electrons. The first-order valence-electron chi connectivity index (χ1n) is 9.77. The van der Waals surface area contributed by atoms with Gasteiger partial charge in [0.15, 0.2) is 5.78 Å². The minimum atomic E-state index is -3.81. The first-order valence-corrected chi connectivity index (χ1v) is 11.3. The van der Waals surface area contributed by atoms with Gasteiger partial charge in [0, 0.05) is 16.8 Å². The lowest BCUT2D eigenvalue weighted by molar-refractivity contribution is 0.0939. The second kappa shape index (κ2) is 9.14. The molecule has 2 N–H and O–H groups in total. The van der Waals surface area contributed by atoms with Crippen molar-refractivity contribution in [1.82, 2.24) is 5.32 Å². The predicted molar refractivity (Wildman–Crippen MR) is 121 cm³/mol. The van der Waals surface area contributed by atoms with Crippen LogP contribution in [-0.2, 0) is 10.0 Å². The second-order valence-corrected chi connectivity index (χ2v) is 9.00. The summed E-state index contributed by atoms with van der Waals surface area (Å²) in [5, 5.41) is 2.96. The molecule has 0 fully saturated rings. The van der Waals surface area contributed by atoms with E-state index in [-0.39, 0.29) is 22.6 Å². The third kappa shape index (κ3) is 5.38. The monoisotopic (exact) mass is 436 g/mol. The highest BCUT2D eigenvalue weighted by atomic mass is 32.2. The van der Waals surface area contributed by atoms with Crippen LogP contribution < -0.4 is 10.0 Å². The third-order valence-corrected chi connectivity index (χ3v) is 6.37. The van der Waals surface area contributed by atoms with Crippen molar-refractivity contribution < 1.29 is 18.0 Å². The van der Waals surface area contributed by atoms with Gasteiger partial charge in [-0.05, 0) is 68.3 Å². The molecule has 0 bridgehead atoms. The van der Waals surface area contributed by atoms with Gasteiger partial charge < -0.3 is 5.32 Å². The van der Waals surface area contributed by atoms with E-state index in [2.05, 4.69) is 10.0 Å². The van der Waals surface area contributed by atoms with Crippen molar-refractivity contribution in [2.24, 2.45) is 0 Å². The minimum absolute atomic E-state index is 0.0476. The molecule has 1 atom stereocenters. The molecule has 0 unspecified atom stereocenters. The van der Waals surface area contributed by atoms with Crippen LogP contribution in [0.3, 0.4) is 0 Å². The maximum atomic E-state index is 12.6. The van der Waals surface area contributed by atoms with E-state index in [1.165, 1.54) is 43.3 Å². The number of sulfonamides is 1. The molecule has 0 heterocycles. The van der Waals surface area contributed by atoms with Crippen molar-refractivity contribution in [3.05, 3.63) is 95.1 Å². The van der Waals surface area contributed by atoms with Gasteiger partial charge in [0.05, 0.1) is 10.9 Å². The van der Waals surface area contributed by atoms with E-state index in [0.717, 1.165) is 11.1 Å². The summed E-state index contributed by atoms with van der Waals surface area (Å²) in [5.74, 6) is -0.382. The van der Waals surface area contributed by atoms with Gasteiger partial charge >= 0.3 is 0 Å². The first-order chi connectivity index (χ1) is 14.7. The molecule has 3 rings (SSSR count). The molecule has 160 valence electrons. The van der Waals surface area contributed by atoms with E-state index >= 15 is 0 Å². The number of benzene rings is 3. The van der Waals surface area contributed by atoms with Crippen LogP contribution in [-0.4, -0.2) is 20.1 Å². The van der Waals surface area contributed by atoms with Gasteiger partial charge in [0.1, 0.15) is 0 Å². The molecule has 31 heavy (non-hydrogen) atoms. The summed E-state index contributed by atoms with van der Waals surface area (Å²) in [7, 11) is -3.81. The van der Waals surface area contributed by atoms with Crippen molar-refractivity contribution in [1.29, 1.82) is 0 Å². The Hall–Kier alpha value is -3.45. The van der Waals surface area contributed by atoms with Gasteiger partial charge in [-0.25, -0.2) is 8.42 Å². The number of carbonyl (C=O) groups is 2. The number of Topliss-reactive ketones (excluding diaryl/α,β-unsaturated/α-hetero) is 1. The van der Waals surface area contributed by atoms with Crippen LogP contribution in [0.4, 0.5) is 5.69 Å². The van der Waals surface area contributed by atoms with Gasteiger partial charge in [-0.2, -0.15) is 0 Å². The lowest BCUT2D eigenvalue weighted by atomic mass is 10.0. The van der Waals surface area contributed by atoms with Gasteiger partial charge in [-0.3, -0.25) is 14.3 Å². The van der Waals surface area contributed by atoms with Crippen molar-refractivity contribution in [3.63, 3.8) is 0 Å². The second-order valence-electron chi connectivity index (χ2n) is 7.32. The molecule has 0 spiro atoms. The Labute approximate surface area is 182 Å². The summed E-state index contributed by atoms with van der Waals surface area (Å²) < 4.78 is 27.6. The number of rotatable bonds is 7. The van der Waals surface area contributed by atoms with Crippen LogP contribution >= 0.6 is 0 Å². The highest BCUT2D eigenvalue weighted by Gasteiger charge is 2.16. The number of ketones is 1. The Morgan fingerprint density at radius 2 is 1.42 bits per heavy atom. The molecule has 3 aromatic rings. The number of hydrogen-bond acceptors (Lipinski definition) is 4. The molecule has 0 aromatic heterocycles. The number of aryl methyl sites for hydroxylation is 1. The van der Waals surface area contributed by atoms with Crippen molar-refractivity contribution in [3.8, 4) is 0 Å². The van der Waals surface area contributed by atoms with Crippen molar-refractivity contribution in [2.45, 2.75) is 31.7 Å². The van der Waals surface area contributed by atoms with Gasteiger partial charge in [-0.1, -0.05) is 36.4 Å². The average molecular weight is 437 g/mol. The smallest absolute Gasteiger partial charge is 0.261 e. The maximum absolute atomic E-state index is 12.6. The van der Waals surface area contributed by atoms with E-state index < -0.39 is 10.0 Å². The van der Waals surface area contributed by atoms with Crippen LogP contribution in [0.15, 0.2) is 77.7 Å². The van der Waals surface area contributed by atoms with Gasteiger partial charge in [0.2, 0.25) is 0 Å². The predicted octanol–water partition coefficient (Wildman–Crippen LogP) is 4.49. The van der Waals surface area contributed by atoms with Crippen LogP contribution in [0.1, 0.15) is 51.7 Å². The molecule has 7 heteroatoms. The lowest BCUT2D eigenvalue weighted by Gasteiger charge is -2.17. The summed E-state index contributed by atoms with van der Waals surface area (Å²) in [5.41, 5.74) is 3.33. The third-order valence-electron chi connectivity index (χ3n) is 4.97. The quantitative estimate of drug-likeness (QED) is 0.534. The fourth-order valence-corrected chi connectivity index (χ4v) is 4.26.